The fourth-order valence-corrected chi connectivity index (χ4v) is 3.22. The number of carbonyl (C=O) groups is 2. The summed E-state index contributed by atoms with van der Waals surface area (Å²) >= 11 is 1.38. The van der Waals surface area contributed by atoms with Crippen LogP contribution in [-0.2, 0) is 11.3 Å². The largest absolute Gasteiger partial charge is 0.490 e. The molecule has 1 amide bonds. The molecular weight excluding hydrogens is 430 g/mol. The molecule has 4 N–H and O–H groups in total. The molecule has 3 aromatic rings. The monoisotopic (exact) mass is 447 g/mol. The molecule has 3 rings (SSSR count). The Balaban J connectivity index is 0.000000396. The van der Waals surface area contributed by atoms with Crippen LogP contribution in [0.15, 0.2) is 18.2 Å². The number of thiazole rings is 1. The predicted octanol–water partition coefficient (Wildman–Crippen LogP) is 3.09. The summed E-state index contributed by atoms with van der Waals surface area (Å²) < 4.78 is 48.1. The maximum atomic E-state index is 14.0. The lowest BCUT2D eigenvalue weighted by atomic mass is 10.2. The molecule has 2 aromatic heterocycles. The van der Waals surface area contributed by atoms with Crippen LogP contribution in [0, 0.1) is 19.7 Å². The fraction of sp³-hybridized carbons (Fsp3) is 0.294. The molecule has 0 spiro atoms. The van der Waals surface area contributed by atoms with Crippen molar-refractivity contribution in [2.75, 3.05) is 11.9 Å². The van der Waals surface area contributed by atoms with E-state index in [4.69, 9.17) is 15.6 Å². The highest BCUT2D eigenvalue weighted by Gasteiger charge is 2.38. The maximum Gasteiger partial charge on any atom is 0.490 e. The first kappa shape index (κ1) is 23.2. The molecule has 0 radical (unpaired) electrons. The number of alkyl halides is 3. The summed E-state index contributed by atoms with van der Waals surface area (Å²) in [6, 6.07) is 4.66. The molecule has 0 bridgehead atoms. The van der Waals surface area contributed by atoms with Crippen molar-refractivity contribution in [3.63, 3.8) is 0 Å². The van der Waals surface area contributed by atoms with Crippen LogP contribution in [0.25, 0.3) is 10.2 Å². The normalized spacial score (nSPS) is 11.2. The number of hydrogen-bond acceptors (Lipinski definition) is 6. The first-order valence-electron chi connectivity index (χ1n) is 8.35. The van der Waals surface area contributed by atoms with Crippen LogP contribution in [0.4, 0.5) is 23.2 Å². The van der Waals surface area contributed by atoms with Gasteiger partial charge in [-0.1, -0.05) is 0 Å². The minimum absolute atomic E-state index is 0.275. The Kier molecular flexibility index (Phi) is 7.10. The average molecular weight is 447 g/mol. The lowest BCUT2D eigenvalue weighted by Gasteiger charge is -2.04. The van der Waals surface area contributed by atoms with Crippen molar-refractivity contribution in [1.82, 2.24) is 14.8 Å². The second-order valence-electron chi connectivity index (χ2n) is 5.98. The number of benzene rings is 1. The summed E-state index contributed by atoms with van der Waals surface area (Å²) in [5.41, 5.74) is 7.34. The fourth-order valence-electron chi connectivity index (χ4n) is 2.34. The van der Waals surface area contributed by atoms with Crippen LogP contribution in [0.3, 0.4) is 0 Å². The first-order valence-corrected chi connectivity index (χ1v) is 9.16. The molecule has 0 atom stereocenters. The number of carboxylic acid groups (broad SMARTS) is 1. The summed E-state index contributed by atoms with van der Waals surface area (Å²) in [6.07, 6.45) is -5.08. The van der Waals surface area contributed by atoms with Gasteiger partial charge in [0.15, 0.2) is 11.5 Å². The van der Waals surface area contributed by atoms with Gasteiger partial charge in [0.25, 0.3) is 5.91 Å². The summed E-state index contributed by atoms with van der Waals surface area (Å²) in [5, 5.41) is 14.8. The third-order valence-electron chi connectivity index (χ3n) is 3.61. The number of nitrogens with zero attached hydrogens (tertiary/aromatic N) is 3. The topological polar surface area (TPSA) is 123 Å². The number of aliphatic carboxylic acids is 1. The van der Waals surface area contributed by atoms with E-state index < -0.39 is 18.0 Å². The minimum atomic E-state index is -5.08. The minimum Gasteiger partial charge on any atom is -0.475 e. The van der Waals surface area contributed by atoms with Gasteiger partial charge >= 0.3 is 12.1 Å². The summed E-state index contributed by atoms with van der Waals surface area (Å²) in [7, 11) is 0. The van der Waals surface area contributed by atoms with Gasteiger partial charge < -0.3 is 16.2 Å². The number of carbonyl (C=O) groups excluding carboxylic acids is 1. The van der Waals surface area contributed by atoms with E-state index in [9.17, 15) is 22.4 Å². The molecule has 0 unspecified atom stereocenters. The highest BCUT2D eigenvalue weighted by atomic mass is 32.1. The van der Waals surface area contributed by atoms with Crippen LogP contribution in [0.2, 0.25) is 0 Å². The smallest absolute Gasteiger partial charge is 0.475 e. The van der Waals surface area contributed by atoms with Crippen molar-refractivity contribution in [3.8, 4) is 0 Å². The molecule has 162 valence electrons. The molecule has 13 heteroatoms. The van der Waals surface area contributed by atoms with Crippen molar-refractivity contribution >= 4 is 39.1 Å². The van der Waals surface area contributed by atoms with Gasteiger partial charge in [-0.15, -0.1) is 11.3 Å². The number of anilines is 1. The number of fused-ring (bicyclic) bond motifs is 1. The van der Waals surface area contributed by atoms with Gasteiger partial charge in [0.2, 0.25) is 0 Å². The molecule has 0 saturated carbocycles. The molecule has 8 nitrogen and oxygen atoms in total. The van der Waals surface area contributed by atoms with Gasteiger partial charge in [-0.3, -0.25) is 9.48 Å². The molecule has 0 aliphatic heterocycles. The highest BCUT2D eigenvalue weighted by Crippen LogP contribution is 2.27. The number of amides is 1. The van der Waals surface area contributed by atoms with Gasteiger partial charge in [0.05, 0.1) is 16.3 Å². The van der Waals surface area contributed by atoms with Gasteiger partial charge in [-0.2, -0.15) is 18.3 Å². The summed E-state index contributed by atoms with van der Waals surface area (Å²) in [6.45, 7) is 4.65. The van der Waals surface area contributed by atoms with Gasteiger partial charge in [0, 0.05) is 17.9 Å². The number of aryl methyl sites for hydroxylation is 2. The molecule has 1 aromatic carbocycles. The van der Waals surface area contributed by atoms with Crippen molar-refractivity contribution in [3.05, 3.63) is 40.4 Å². The van der Waals surface area contributed by atoms with Gasteiger partial charge in [-0.05, 0) is 32.0 Å². The zero-order chi connectivity index (χ0) is 22.6. The van der Waals surface area contributed by atoms with E-state index >= 15 is 0 Å². The summed E-state index contributed by atoms with van der Waals surface area (Å²) in [4.78, 5) is 25.3. The Morgan fingerprint density at radius 2 is 1.90 bits per heavy atom. The number of hydrogen-bond donors (Lipinski definition) is 3. The first-order chi connectivity index (χ1) is 13.9. The molecule has 0 aliphatic carbocycles. The standard InChI is InChI=1S/C15H16FN5OS.C2HF3O2/c1-8-5-12(20-21(8)4-3-17)15(22)19-10-6-11(16)14-13(7-10)23-9(2)18-14;3-2(4,5)1(6)7/h5-7H,3-4,17H2,1-2H3,(H,19,22);(H,6,7). The van der Waals surface area contributed by atoms with Crippen LogP contribution in [-0.4, -0.2) is 44.5 Å². The van der Waals surface area contributed by atoms with Crippen molar-refractivity contribution in [2.24, 2.45) is 5.73 Å². The Morgan fingerprint density at radius 1 is 1.27 bits per heavy atom. The quantitative estimate of drug-likeness (QED) is 0.528. The third kappa shape index (κ3) is 5.73. The molecule has 0 saturated heterocycles. The van der Waals surface area contributed by atoms with E-state index in [1.165, 1.54) is 17.4 Å². The van der Waals surface area contributed by atoms with Crippen LogP contribution >= 0.6 is 11.3 Å². The maximum absolute atomic E-state index is 14.0. The molecule has 0 fully saturated rings. The molecule has 30 heavy (non-hydrogen) atoms. The Morgan fingerprint density at radius 3 is 2.47 bits per heavy atom. The SMILES string of the molecule is Cc1nc2c(F)cc(NC(=O)c3cc(C)n(CCN)n3)cc2s1.O=C(O)C(F)(F)F. The van der Waals surface area contributed by atoms with Gasteiger partial charge in [0.1, 0.15) is 5.52 Å². The second-order valence-corrected chi connectivity index (χ2v) is 7.21. The number of rotatable bonds is 4. The van der Waals surface area contributed by atoms with E-state index in [1.807, 2.05) is 13.8 Å². The number of nitrogens with two attached hydrogens (primary N) is 1. The van der Waals surface area contributed by atoms with E-state index in [2.05, 4.69) is 15.4 Å². The molecular formula is C17H17F4N5O3S. The summed E-state index contributed by atoms with van der Waals surface area (Å²) in [5.74, 6) is -3.59. The van der Waals surface area contributed by atoms with Crippen molar-refractivity contribution in [2.45, 2.75) is 26.6 Å². The van der Waals surface area contributed by atoms with Gasteiger partial charge in [-0.25, -0.2) is 14.2 Å². The van der Waals surface area contributed by atoms with E-state index in [0.29, 0.717) is 29.0 Å². The lowest BCUT2D eigenvalue weighted by molar-refractivity contribution is -0.192. The second kappa shape index (κ2) is 9.17. The average Bonchev–Trinajstić information content (AvgIpc) is 3.18. The third-order valence-corrected chi connectivity index (χ3v) is 4.53. The van der Waals surface area contributed by atoms with E-state index in [0.717, 1.165) is 10.7 Å². The number of nitrogens with one attached hydrogen (secondary N) is 1. The zero-order valence-electron chi connectivity index (χ0n) is 15.7. The van der Waals surface area contributed by atoms with Crippen LogP contribution in [0.5, 0.6) is 0 Å². The predicted molar refractivity (Wildman–Crippen MR) is 102 cm³/mol. The molecule has 2 heterocycles. The Labute approximate surface area is 171 Å². The number of carboxylic acids is 1. The van der Waals surface area contributed by atoms with Crippen molar-refractivity contribution in [1.29, 1.82) is 0 Å². The molecule has 0 aliphatic rings. The van der Waals surface area contributed by atoms with Crippen molar-refractivity contribution < 1.29 is 32.3 Å². The van der Waals surface area contributed by atoms with E-state index in [1.54, 1.807) is 16.8 Å². The lowest BCUT2D eigenvalue weighted by Crippen LogP contribution is -2.21. The Bertz CT molecular complexity index is 1080. The number of halogens is 4. The van der Waals surface area contributed by atoms with Crippen LogP contribution in [0.1, 0.15) is 21.2 Å². The Hall–Kier alpha value is -3.06. The zero-order valence-corrected chi connectivity index (χ0v) is 16.6. The highest BCUT2D eigenvalue weighted by molar-refractivity contribution is 7.18. The van der Waals surface area contributed by atoms with Crippen LogP contribution < -0.4 is 11.1 Å². The number of aromatic nitrogens is 3. The van der Waals surface area contributed by atoms with E-state index in [-0.39, 0.29) is 11.6 Å².